The molecule has 0 bridgehead atoms. The van der Waals surface area contributed by atoms with Gasteiger partial charge in [-0.05, 0) is 22.6 Å². The van der Waals surface area contributed by atoms with Gasteiger partial charge in [-0.15, -0.1) is 5.10 Å². The SMILES string of the molecule is O=c1cc2cc[nH]cc2n2nnnc12. The first-order valence-electron chi connectivity index (χ1n) is 4.04. The number of pyridine rings is 2. The van der Waals surface area contributed by atoms with Crippen LogP contribution in [0.15, 0.2) is 29.3 Å². The van der Waals surface area contributed by atoms with Crippen molar-refractivity contribution < 1.29 is 0 Å². The van der Waals surface area contributed by atoms with Gasteiger partial charge in [0.05, 0.1) is 5.52 Å². The van der Waals surface area contributed by atoms with E-state index in [2.05, 4.69) is 20.5 Å². The average molecular weight is 187 g/mol. The standard InChI is InChI=1S/C8H5N5O/c14-7-3-5-1-2-9-4-6(5)13-8(7)10-11-12-13/h1-4,9H. The highest BCUT2D eigenvalue weighted by molar-refractivity contribution is 5.80. The Bertz CT molecular complexity index is 668. The van der Waals surface area contributed by atoms with Crippen molar-refractivity contribution in [2.24, 2.45) is 0 Å². The molecule has 0 aliphatic rings. The van der Waals surface area contributed by atoms with Gasteiger partial charge in [-0.1, -0.05) is 0 Å². The van der Waals surface area contributed by atoms with Crippen molar-refractivity contribution in [3.63, 3.8) is 0 Å². The topological polar surface area (TPSA) is 75.9 Å². The van der Waals surface area contributed by atoms with Crippen LogP contribution in [0.5, 0.6) is 0 Å². The van der Waals surface area contributed by atoms with Crippen LogP contribution in [0, 0.1) is 0 Å². The number of hydrogen-bond donors (Lipinski definition) is 1. The fourth-order valence-corrected chi connectivity index (χ4v) is 1.45. The number of tetrazole rings is 1. The Hall–Kier alpha value is -2.24. The first-order chi connectivity index (χ1) is 6.86. The fourth-order valence-electron chi connectivity index (χ4n) is 1.45. The van der Waals surface area contributed by atoms with Crippen LogP contribution in [0.3, 0.4) is 0 Å². The molecule has 1 N–H and O–H groups in total. The van der Waals surface area contributed by atoms with Gasteiger partial charge in [-0.25, -0.2) is 0 Å². The summed E-state index contributed by atoms with van der Waals surface area (Å²) in [6.45, 7) is 0. The second-order valence-electron chi connectivity index (χ2n) is 2.91. The Kier molecular flexibility index (Phi) is 1.22. The molecule has 0 fully saturated rings. The molecule has 0 amide bonds. The molecule has 3 heterocycles. The van der Waals surface area contributed by atoms with Gasteiger partial charge in [0, 0.05) is 17.8 Å². The molecule has 3 rings (SSSR count). The maximum Gasteiger partial charge on any atom is 0.227 e. The average Bonchev–Trinajstić information content (AvgIpc) is 2.67. The van der Waals surface area contributed by atoms with E-state index in [1.165, 1.54) is 10.6 Å². The Balaban J connectivity index is 2.73. The Morgan fingerprint density at radius 2 is 2.36 bits per heavy atom. The third-order valence-electron chi connectivity index (χ3n) is 2.08. The maximum atomic E-state index is 11.5. The molecule has 0 unspecified atom stereocenters. The van der Waals surface area contributed by atoms with Gasteiger partial charge >= 0.3 is 0 Å². The van der Waals surface area contributed by atoms with Crippen molar-refractivity contribution in [1.82, 2.24) is 25.0 Å². The van der Waals surface area contributed by atoms with Crippen molar-refractivity contribution in [3.8, 4) is 0 Å². The number of rotatable bonds is 0. The zero-order valence-electron chi connectivity index (χ0n) is 7.01. The van der Waals surface area contributed by atoms with Gasteiger partial charge in [0.1, 0.15) is 0 Å². The minimum atomic E-state index is -0.172. The number of H-pyrrole nitrogens is 1. The van der Waals surface area contributed by atoms with Gasteiger partial charge < -0.3 is 4.98 Å². The first-order valence-corrected chi connectivity index (χ1v) is 4.04. The Morgan fingerprint density at radius 3 is 3.29 bits per heavy atom. The molecule has 0 aromatic carbocycles. The van der Waals surface area contributed by atoms with Crippen LogP contribution in [0.25, 0.3) is 16.6 Å². The molecular weight excluding hydrogens is 182 g/mol. The van der Waals surface area contributed by atoms with E-state index < -0.39 is 0 Å². The van der Waals surface area contributed by atoms with Crippen LogP contribution >= 0.6 is 0 Å². The van der Waals surface area contributed by atoms with Gasteiger partial charge in [0.2, 0.25) is 11.1 Å². The zero-order chi connectivity index (χ0) is 9.54. The molecule has 0 aliphatic heterocycles. The molecular formula is C8H5N5O. The largest absolute Gasteiger partial charge is 0.366 e. The lowest BCUT2D eigenvalue weighted by Crippen LogP contribution is -2.06. The number of fused-ring (bicyclic) bond motifs is 3. The van der Waals surface area contributed by atoms with Crippen molar-refractivity contribution in [3.05, 3.63) is 34.7 Å². The zero-order valence-corrected chi connectivity index (χ0v) is 7.01. The highest BCUT2D eigenvalue weighted by Gasteiger charge is 2.05. The van der Waals surface area contributed by atoms with Crippen LogP contribution < -0.4 is 5.43 Å². The highest BCUT2D eigenvalue weighted by atomic mass is 16.1. The van der Waals surface area contributed by atoms with E-state index in [4.69, 9.17) is 0 Å². The third-order valence-corrected chi connectivity index (χ3v) is 2.08. The van der Waals surface area contributed by atoms with Crippen molar-refractivity contribution in [2.45, 2.75) is 0 Å². The molecule has 0 aliphatic carbocycles. The molecule has 68 valence electrons. The second kappa shape index (κ2) is 2.38. The van der Waals surface area contributed by atoms with Gasteiger partial charge in [-0.2, -0.15) is 4.52 Å². The summed E-state index contributed by atoms with van der Waals surface area (Å²) in [6, 6.07) is 3.33. The molecule has 6 heteroatoms. The predicted molar refractivity (Wildman–Crippen MR) is 48.9 cm³/mol. The van der Waals surface area contributed by atoms with Crippen LogP contribution in [0.4, 0.5) is 0 Å². The van der Waals surface area contributed by atoms with E-state index in [-0.39, 0.29) is 11.1 Å². The monoisotopic (exact) mass is 187 g/mol. The normalized spacial score (nSPS) is 11.1. The lowest BCUT2D eigenvalue weighted by atomic mass is 10.2. The molecule has 0 radical (unpaired) electrons. The molecule has 0 saturated carbocycles. The molecule has 3 aromatic rings. The Labute approximate surface area is 77.2 Å². The van der Waals surface area contributed by atoms with E-state index in [0.717, 1.165) is 10.9 Å². The van der Waals surface area contributed by atoms with Crippen LogP contribution in [-0.2, 0) is 0 Å². The van der Waals surface area contributed by atoms with Gasteiger partial charge in [-0.3, -0.25) is 4.79 Å². The lowest BCUT2D eigenvalue weighted by Gasteiger charge is -1.96. The summed E-state index contributed by atoms with van der Waals surface area (Å²) < 4.78 is 1.42. The summed E-state index contributed by atoms with van der Waals surface area (Å²) in [7, 11) is 0. The maximum absolute atomic E-state index is 11.5. The second-order valence-corrected chi connectivity index (χ2v) is 2.91. The van der Waals surface area contributed by atoms with Gasteiger partial charge in [0.25, 0.3) is 0 Å². The van der Waals surface area contributed by atoms with Crippen LogP contribution in [0.2, 0.25) is 0 Å². The minimum Gasteiger partial charge on any atom is -0.366 e. The summed E-state index contributed by atoms with van der Waals surface area (Å²) in [5.41, 5.74) is 0.859. The summed E-state index contributed by atoms with van der Waals surface area (Å²) in [6.07, 6.45) is 3.50. The quantitative estimate of drug-likeness (QED) is 0.536. The summed E-state index contributed by atoms with van der Waals surface area (Å²) in [5, 5.41) is 11.7. The van der Waals surface area contributed by atoms with Crippen molar-refractivity contribution in [1.29, 1.82) is 0 Å². The minimum absolute atomic E-state index is 0.172. The molecule has 0 atom stereocenters. The number of aromatic amines is 1. The number of hydrogen-bond acceptors (Lipinski definition) is 4. The van der Waals surface area contributed by atoms with Crippen LogP contribution in [-0.4, -0.2) is 25.0 Å². The van der Waals surface area contributed by atoms with Crippen molar-refractivity contribution >= 4 is 16.6 Å². The smallest absolute Gasteiger partial charge is 0.227 e. The predicted octanol–water partition coefficient (Wildman–Crippen LogP) is -0.0342. The molecule has 0 saturated heterocycles. The number of nitrogens with zero attached hydrogens (tertiary/aromatic N) is 4. The third kappa shape index (κ3) is 0.792. The lowest BCUT2D eigenvalue weighted by molar-refractivity contribution is 0.840. The van der Waals surface area contributed by atoms with E-state index in [1.54, 1.807) is 18.5 Å². The van der Waals surface area contributed by atoms with Crippen molar-refractivity contribution in [2.75, 3.05) is 0 Å². The van der Waals surface area contributed by atoms with E-state index in [9.17, 15) is 4.79 Å². The molecule has 0 spiro atoms. The number of nitrogens with one attached hydrogen (secondary N) is 1. The summed E-state index contributed by atoms with van der Waals surface area (Å²) in [5.74, 6) is 0. The highest BCUT2D eigenvalue weighted by Crippen LogP contribution is 2.08. The summed E-state index contributed by atoms with van der Waals surface area (Å²) >= 11 is 0. The molecule has 6 nitrogen and oxygen atoms in total. The molecule has 14 heavy (non-hydrogen) atoms. The number of aromatic nitrogens is 5. The molecule has 3 aromatic heterocycles. The first kappa shape index (κ1) is 7.19. The van der Waals surface area contributed by atoms with Crippen LogP contribution in [0.1, 0.15) is 0 Å². The Morgan fingerprint density at radius 1 is 1.43 bits per heavy atom. The summed E-state index contributed by atoms with van der Waals surface area (Å²) in [4.78, 5) is 14.4. The van der Waals surface area contributed by atoms with E-state index in [0.29, 0.717) is 0 Å². The van der Waals surface area contributed by atoms with Gasteiger partial charge in [0.15, 0.2) is 0 Å². The fraction of sp³-hybridized carbons (Fsp3) is 0. The van der Waals surface area contributed by atoms with E-state index in [1.807, 2.05) is 0 Å². The van der Waals surface area contributed by atoms with E-state index >= 15 is 0 Å².